The Kier molecular flexibility index (Phi) is 6.35. The fraction of sp³-hybridized carbons (Fsp3) is 0.278. The van der Waals surface area contributed by atoms with Crippen molar-refractivity contribution in [2.24, 2.45) is 0 Å². The SMILES string of the molecule is CCN(Cc1ccccc1)C(=O)CSCc1ccccc1. The number of hydrogen-bond donors (Lipinski definition) is 0. The van der Waals surface area contributed by atoms with Gasteiger partial charge in [0.15, 0.2) is 0 Å². The van der Waals surface area contributed by atoms with Crippen molar-refractivity contribution in [1.29, 1.82) is 0 Å². The summed E-state index contributed by atoms with van der Waals surface area (Å²) in [6.45, 7) is 3.48. The molecule has 0 aliphatic carbocycles. The number of thioether (sulfide) groups is 1. The molecule has 110 valence electrons. The number of benzene rings is 2. The van der Waals surface area contributed by atoms with Crippen molar-refractivity contribution < 1.29 is 4.79 Å². The summed E-state index contributed by atoms with van der Waals surface area (Å²) in [5.41, 5.74) is 2.45. The van der Waals surface area contributed by atoms with Gasteiger partial charge in [-0.1, -0.05) is 60.7 Å². The second-order valence-corrected chi connectivity index (χ2v) is 5.86. The minimum atomic E-state index is 0.210. The Bertz CT molecular complexity index is 542. The molecule has 0 radical (unpaired) electrons. The Hall–Kier alpha value is -1.74. The molecule has 21 heavy (non-hydrogen) atoms. The van der Waals surface area contributed by atoms with E-state index in [2.05, 4.69) is 24.3 Å². The Morgan fingerprint density at radius 3 is 2.10 bits per heavy atom. The van der Waals surface area contributed by atoms with Gasteiger partial charge in [0.25, 0.3) is 0 Å². The van der Waals surface area contributed by atoms with E-state index in [1.54, 1.807) is 11.8 Å². The third-order valence-corrected chi connectivity index (χ3v) is 4.28. The van der Waals surface area contributed by atoms with Crippen LogP contribution in [0.2, 0.25) is 0 Å². The van der Waals surface area contributed by atoms with E-state index < -0.39 is 0 Å². The Morgan fingerprint density at radius 1 is 0.952 bits per heavy atom. The van der Waals surface area contributed by atoms with Crippen LogP contribution in [0.4, 0.5) is 0 Å². The highest BCUT2D eigenvalue weighted by atomic mass is 32.2. The van der Waals surface area contributed by atoms with E-state index in [9.17, 15) is 4.79 Å². The molecule has 0 bridgehead atoms. The molecule has 2 aromatic rings. The molecule has 3 heteroatoms. The molecule has 0 atom stereocenters. The zero-order chi connectivity index (χ0) is 14.9. The number of carbonyl (C=O) groups excluding carboxylic acids is 1. The molecule has 1 amide bonds. The summed E-state index contributed by atoms with van der Waals surface area (Å²) >= 11 is 1.68. The van der Waals surface area contributed by atoms with Crippen molar-refractivity contribution in [3.8, 4) is 0 Å². The monoisotopic (exact) mass is 299 g/mol. The molecule has 0 saturated carbocycles. The first-order chi connectivity index (χ1) is 10.3. The maximum Gasteiger partial charge on any atom is 0.232 e. The number of carbonyl (C=O) groups is 1. The van der Waals surface area contributed by atoms with Gasteiger partial charge in [-0.05, 0) is 18.1 Å². The normalized spacial score (nSPS) is 10.3. The van der Waals surface area contributed by atoms with Gasteiger partial charge >= 0.3 is 0 Å². The third-order valence-electron chi connectivity index (χ3n) is 3.29. The maximum atomic E-state index is 12.3. The van der Waals surface area contributed by atoms with Crippen LogP contribution in [0.5, 0.6) is 0 Å². The molecule has 0 aliphatic rings. The second kappa shape index (κ2) is 8.53. The van der Waals surface area contributed by atoms with Gasteiger partial charge < -0.3 is 4.90 Å². The van der Waals surface area contributed by atoms with E-state index in [1.807, 2.05) is 48.2 Å². The van der Waals surface area contributed by atoms with Crippen LogP contribution in [0, 0.1) is 0 Å². The van der Waals surface area contributed by atoms with Gasteiger partial charge in [0, 0.05) is 18.8 Å². The van der Waals surface area contributed by atoms with Gasteiger partial charge in [0.1, 0.15) is 0 Å². The highest BCUT2D eigenvalue weighted by Gasteiger charge is 2.11. The highest BCUT2D eigenvalue weighted by Crippen LogP contribution is 2.13. The molecule has 0 saturated heterocycles. The summed E-state index contributed by atoms with van der Waals surface area (Å²) < 4.78 is 0. The minimum absolute atomic E-state index is 0.210. The van der Waals surface area contributed by atoms with Gasteiger partial charge in [0.05, 0.1) is 5.75 Å². The quantitative estimate of drug-likeness (QED) is 0.771. The van der Waals surface area contributed by atoms with Crippen LogP contribution in [-0.4, -0.2) is 23.1 Å². The van der Waals surface area contributed by atoms with Crippen molar-refractivity contribution in [2.45, 2.75) is 19.2 Å². The lowest BCUT2D eigenvalue weighted by Crippen LogP contribution is -2.31. The zero-order valence-electron chi connectivity index (χ0n) is 12.4. The average Bonchev–Trinajstić information content (AvgIpc) is 2.54. The highest BCUT2D eigenvalue weighted by molar-refractivity contribution is 7.99. The lowest BCUT2D eigenvalue weighted by molar-refractivity contribution is -0.128. The second-order valence-electron chi connectivity index (χ2n) is 4.87. The van der Waals surface area contributed by atoms with Crippen LogP contribution in [-0.2, 0) is 17.1 Å². The number of hydrogen-bond acceptors (Lipinski definition) is 2. The zero-order valence-corrected chi connectivity index (χ0v) is 13.2. The van der Waals surface area contributed by atoms with Crippen LogP contribution in [0.1, 0.15) is 18.1 Å². The van der Waals surface area contributed by atoms with E-state index in [0.717, 1.165) is 12.3 Å². The molecule has 0 fully saturated rings. The van der Waals surface area contributed by atoms with Crippen LogP contribution < -0.4 is 0 Å². The minimum Gasteiger partial charge on any atom is -0.338 e. The van der Waals surface area contributed by atoms with Crippen LogP contribution in [0.3, 0.4) is 0 Å². The van der Waals surface area contributed by atoms with Crippen molar-refractivity contribution in [1.82, 2.24) is 4.90 Å². The van der Waals surface area contributed by atoms with Gasteiger partial charge in [-0.3, -0.25) is 4.79 Å². The Morgan fingerprint density at radius 2 is 1.52 bits per heavy atom. The molecule has 0 aromatic heterocycles. The molecule has 0 N–H and O–H groups in total. The number of amides is 1. The average molecular weight is 299 g/mol. The largest absolute Gasteiger partial charge is 0.338 e. The van der Waals surface area contributed by atoms with Gasteiger partial charge in [-0.15, -0.1) is 11.8 Å². The molecule has 2 nitrogen and oxygen atoms in total. The van der Waals surface area contributed by atoms with Crippen LogP contribution >= 0.6 is 11.8 Å². The van der Waals surface area contributed by atoms with E-state index in [1.165, 1.54) is 11.1 Å². The maximum absolute atomic E-state index is 12.3. The Balaban J connectivity index is 1.80. The van der Waals surface area contributed by atoms with Crippen LogP contribution in [0.25, 0.3) is 0 Å². The molecule has 0 spiro atoms. The van der Waals surface area contributed by atoms with Crippen molar-refractivity contribution in [3.63, 3.8) is 0 Å². The van der Waals surface area contributed by atoms with E-state index in [-0.39, 0.29) is 5.91 Å². The molecular weight excluding hydrogens is 278 g/mol. The smallest absolute Gasteiger partial charge is 0.232 e. The van der Waals surface area contributed by atoms with E-state index in [0.29, 0.717) is 12.3 Å². The molecular formula is C18H21NOS. The summed E-state index contributed by atoms with van der Waals surface area (Å²) in [6.07, 6.45) is 0. The predicted molar refractivity (Wildman–Crippen MR) is 90.1 cm³/mol. The standard InChI is InChI=1S/C18H21NOS/c1-2-19(13-16-9-5-3-6-10-16)18(20)15-21-14-17-11-7-4-8-12-17/h3-12H,2,13-15H2,1H3. The van der Waals surface area contributed by atoms with Crippen LogP contribution in [0.15, 0.2) is 60.7 Å². The Labute approximate surface area is 131 Å². The summed E-state index contributed by atoms with van der Waals surface area (Å²) in [7, 11) is 0. The molecule has 0 aliphatic heterocycles. The third kappa shape index (κ3) is 5.27. The number of nitrogens with zero attached hydrogens (tertiary/aromatic N) is 1. The molecule has 0 unspecified atom stereocenters. The van der Waals surface area contributed by atoms with Gasteiger partial charge in [-0.2, -0.15) is 0 Å². The summed E-state index contributed by atoms with van der Waals surface area (Å²) in [5.74, 6) is 1.63. The first kappa shape index (κ1) is 15.6. The summed E-state index contributed by atoms with van der Waals surface area (Å²) in [5, 5.41) is 0. The number of rotatable bonds is 7. The fourth-order valence-electron chi connectivity index (χ4n) is 2.10. The fourth-order valence-corrected chi connectivity index (χ4v) is 2.99. The summed E-state index contributed by atoms with van der Waals surface area (Å²) in [4.78, 5) is 14.2. The lowest BCUT2D eigenvalue weighted by atomic mass is 10.2. The molecule has 2 aromatic carbocycles. The van der Waals surface area contributed by atoms with E-state index >= 15 is 0 Å². The molecule has 2 rings (SSSR count). The first-order valence-corrected chi connectivity index (χ1v) is 8.38. The van der Waals surface area contributed by atoms with Gasteiger partial charge in [0.2, 0.25) is 5.91 Å². The van der Waals surface area contributed by atoms with Crippen molar-refractivity contribution in [2.75, 3.05) is 12.3 Å². The topological polar surface area (TPSA) is 20.3 Å². The van der Waals surface area contributed by atoms with Gasteiger partial charge in [-0.25, -0.2) is 0 Å². The van der Waals surface area contributed by atoms with E-state index in [4.69, 9.17) is 0 Å². The predicted octanol–water partition coefficient (Wildman–Crippen LogP) is 3.97. The van der Waals surface area contributed by atoms with Crippen molar-refractivity contribution >= 4 is 17.7 Å². The summed E-state index contributed by atoms with van der Waals surface area (Å²) in [6, 6.07) is 20.4. The van der Waals surface area contributed by atoms with Crippen molar-refractivity contribution in [3.05, 3.63) is 71.8 Å². The first-order valence-electron chi connectivity index (χ1n) is 7.23. The lowest BCUT2D eigenvalue weighted by Gasteiger charge is -2.20. The molecule has 0 heterocycles.